The third-order valence-electron chi connectivity index (χ3n) is 2.57. The molecule has 0 radical (unpaired) electrons. The third-order valence-corrected chi connectivity index (χ3v) is 2.81. The predicted molar refractivity (Wildman–Crippen MR) is 81.6 cm³/mol. The summed E-state index contributed by atoms with van der Waals surface area (Å²) in [5.41, 5.74) is 7.09. The maximum Gasteiger partial charge on any atom is 0.248 e. The van der Waals surface area contributed by atoms with Crippen LogP contribution in [0.25, 0.3) is 6.08 Å². The van der Waals surface area contributed by atoms with Crippen molar-refractivity contribution in [2.45, 2.75) is 0 Å². The number of anilines is 2. The number of phenolic OH excluding ortho intramolecular Hbond substituents is 1. The van der Waals surface area contributed by atoms with Crippen molar-refractivity contribution in [3.05, 3.63) is 59.1 Å². The molecule has 102 valence electrons. The van der Waals surface area contributed by atoms with Crippen LogP contribution in [0.3, 0.4) is 0 Å². The fourth-order valence-corrected chi connectivity index (χ4v) is 1.78. The molecule has 0 unspecified atom stereocenters. The van der Waals surface area contributed by atoms with Crippen LogP contribution in [0, 0.1) is 0 Å². The van der Waals surface area contributed by atoms with Crippen molar-refractivity contribution < 1.29 is 9.90 Å². The van der Waals surface area contributed by atoms with Gasteiger partial charge >= 0.3 is 0 Å². The molecule has 4 nitrogen and oxygen atoms in total. The van der Waals surface area contributed by atoms with Crippen LogP contribution in [-0.4, -0.2) is 11.0 Å². The number of carbonyl (C=O) groups excluding carboxylic acids is 1. The molecule has 0 bridgehead atoms. The number of hydrogen-bond donors (Lipinski definition) is 3. The molecule has 5 heteroatoms. The first kappa shape index (κ1) is 14.0. The largest absolute Gasteiger partial charge is 0.506 e. The number of nitrogens with one attached hydrogen (secondary N) is 1. The van der Waals surface area contributed by atoms with Gasteiger partial charge in [-0.05, 0) is 42.0 Å². The van der Waals surface area contributed by atoms with Gasteiger partial charge in [0.2, 0.25) is 5.91 Å². The molecule has 20 heavy (non-hydrogen) atoms. The number of amides is 1. The fraction of sp³-hybridized carbons (Fsp3) is 0. The van der Waals surface area contributed by atoms with Gasteiger partial charge in [-0.15, -0.1) is 0 Å². The minimum absolute atomic E-state index is 0.0117. The van der Waals surface area contributed by atoms with E-state index in [0.29, 0.717) is 22.0 Å². The number of phenols is 1. The van der Waals surface area contributed by atoms with Crippen molar-refractivity contribution in [2.24, 2.45) is 0 Å². The average Bonchev–Trinajstić information content (AvgIpc) is 2.40. The van der Waals surface area contributed by atoms with Gasteiger partial charge < -0.3 is 16.2 Å². The fourth-order valence-electron chi connectivity index (χ4n) is 1.59. The van der Waals surface area contributed by atoms with Gasteiger partial charge in [-0.1, -0.05) is 23.7 Å². The molecule has 0 heterocycles. The lowest BCUT2D eigenvalue weighted by Crippen LogP contribution is -2.07. The molecule has 0 spiro atoms. The Morgan fingerprint density at radius 3 is 2.75 bits per heavy atom. The Morgan fingerprint density at radius 1 is 1.25 bits per heavy atom. The van der Waals surface area contributed by atoms with Gasteiger partial charge in [-0.2, -0.15) is 0 Å². The van der Waals surface area contributed by atoms with E-state index >= 15 is 0 Å². The molecule has 2 aromatic carbocycles. The smallest absolute Gasteiger partial charge is 0.248 e. The quantitative estimate of drug-likeness (QED) is 0.461. The molecule has 0 aromatic heterocycles. The molecule has 0 saturated heterocycles. The Labute approximate surface area is 121 Å². The predicted octanol–water partition coefficient (Wildman–Crippen LogP) is 3.28. The van der Waals surface area contributed by atoms with Crippen molar-refractivity contribution in [3.8, 4) is 5.75 Å². The molecule has 0 atom stereocenters. The zero-order valence-corrected chi connectivity index (χ0v) is 11.3. The van der Waals surface area contributed by atoms with Crippen LogP contribution in [0.2, 0.25) is 5.02 Å². The van der Waals surface area contributed by atoms with Gasteiger partial charge in [-0.3, -0.25) is 4.79 Å². The van der Waals surface area contributed by atoms with E-state index in [9.17, 15) is 9.90 Å². The van der Waals surface area contributed by atoms with E-state index in [0.717, 1.165) is 0 Å². The van der Waals surface area contributed by atoms with E-state index < -0.39 is 0 Å². The molecular weight excluding hydrogens is 276 g/mol. The second-order valence-corrected chi connectivity index (χ2v) is 4.59. The second kappa shape index (κ2) is 6.12. The number of rotatable bonds is 3. The molecular formula is C15H13ClN2O2. The molecule has 0 aliphatic heterocycles. The molecule has 0 aliphatic carbocycles. The first-order chi connectivity index (χ1) is 9.54. The Kier molecular flexibility index (Phi) is 4.27. The van der Waals surface area contributed by atoms with Gasteiger partial charge in [0, 0.05) is 16.8 Å². The highest BCUT2D eigenvalue weighted by Gasteiger charge is 2.00. The Balaban J connectivity index is 2.03. The lowest BCUT2D eigenvalue weighted by Gasteiger charge is -2.02. The Morgan fingerprint density at radius 2 is 2.05 bits per heavy atom. The lowest BCUT2D eigenvalue weighted by molar-refractivity contribution is -0.111. The zero-order chi connectivity index (χ0) is 14.5. The number of nitrogen functional groups attached to an aromatic ring is 1. The van der Waals surface area contributed by atoms with Crippen molar-refractivity contribution in [3.63, 3.8) is 0 Å². The minimum atomic E-state index is -0.288. The zero-order valence-electron chi connectivity index (χ0n) is 10.5. The van der Waals surface area contributed by atoms with Gasteiger partial charge in [0.1, 0.15) is 5.75 Å². The lowest BCUT2D eigenvalue weighted by atomic mass is 10.2. The van der Waals surface area contributed by atoms with E-state index in [1.807, 2.05) is 0 Å². The van der Waals surface area contributed by atoms with Crippen molar-refractivity contribution in [1.29, 1.82) is 0 Å². The topological polar surface area (TPSA) is 75.4 Å². The van der Waals surface area contributed by atoms with Crippen LogP contribution in [0.5, 0.6) is 5.75 Å². The normalized spacial score (nSPS) is 10.7. The first-order valence-electron chi connectivity index (χ1n) is 5.88. The summed E-state index contributed by atoms with van der Waals surface area (Å²) in [6.45, 7) is 0. The van der Waals surface area contributed by atoms with Crippen LogP contribution in [0.15, 0.2) is 48.5 Å². The SMILES string of the molecule is Nc1ccc(/C=C/C(=O)Nc2cccc(Cl)c2)cc1O. The molecule has 1 amide bonds. The third kappa shape index (κ3) is 3.76. The summed E-state index contributed by atoms with van der Waals surface area (Å²) < 4.78 is 0. The molecule has 2 rings (SSSR count). The van der Waals surface area contributed by atoms with Crippen LogP contribution < -0.4 is 11.1 Å². The van der Waals surface area contributed by atoms with Crippen molar-refractivity contribution in [2.75, 3.05) is 11.1 Å². The van der Waals surface area contributed by atoms with E-state index in [1.54, 1.807) is 42.5 Å². The number of carbonyl (C=O) groups is 1. The molecule has 0 fully saturated rings. The van der Waals surface area contributed by atoms with E-state index in [-0.39, 0.29) is 11.7 Å². The monoisotopic (exact) mass is 288 g/mol. The molecule has 2 aromatic rings. The summed E-state index contributed by atoms with van der Waals surface area (Å²) in [4.78, 5) is 11.7. The highest BCUT2D eigenvalue weighted by atomic mass is 35.5. The van der Waals surface area contributed by atoms with E-state index in [2.05, 4.69) is 5.32 Å². The molecule has 0 saturated carbocycles. The van der Waals surface area contributed by atoms with E-state index in [4.69, 9.17) is 17.3 Å². The summed E-state index contributed by atoms with van der Waals surface area (Å²) in [6.07, 6.45) is 2.95. The Bertz CT molecular complexity index is 669. The number of nitrogens with two attached hydrogens (primary N) is 1. The summed E-state index contributed by atoms with van der Waals surface area (Å²) in [5.74, 6) is -0.300. The van der Waals surface area contributed by atoms with Crippen molar-refractivity contribution in [1.82, 2.24) is 0 Å². The number of halogens is 1. The maximum atomic E-state index is 11.7. The highest BCUT2D eigenvalue weighted by molar-refractivity contribution is 6.30. The number of aromatic hydroxyl groups is 1. The van der Waals surface area contributed by atoms with Crippen molar-refractivity contribution >= 4 is 35.0 Å². The van der Waals surface area contributed by atoms with Crippen LogP contribution in [0.1, 0.15) is 5.56 Å². The summed E-state index contributed by atoms with van der Waals surface area (Å²) in [7, 11) is 0. The minimum Gasteiger partial charge on any atom is -0.506 e. The standard InChI is InChI=1S/C15H13ClN2O2/c16-11-2-1-3-12(9-11)18-15(20)7-5-10-4-6-13(17)14(19)8-10/h1-9,19H,17H2,(H,18,20)/b7-5+. The maximum absolute atomic E-state index is 11.7. The summed E-state index contributed by atoms with van der Waals surface area (Å²) in [6, 6.07) is 11.6. The van der Waals surface area contributed by atoms with Gasteiger partial charge in [0.15, 0.2) is 0 Å². The van der Waals surface area contributed by atoms with Gasteiger partial charge in [0.05, 0.1) is 5.69 Å². The second-order valence-electron chi connectivity index (χ2n) is 4.15. The van der Waals surface area contributed by atoms with Gasteiger partial charge in [-0.25, -0.2) is 0 Å². The molecule has 0 aliphatic rings. The van der Waals surface area contributed by atoms with Crippen LogP contribution in [-0.2, 0) is 4.79 Å². The highest BCUT2D eigenvalue weighted by Crippen LogP contribution is 2.21. The number of hydrogen-bond acceptors (Lipinski definition) is 3. The van der Waals surface area contributed by atoms with Crippen LogP contribution >= 0.6 is 11.6 Å². The average molecular weight is 289 g/mol. The van der Waals surface area contributed by atoms with E-state index in [1.165, 1.54) is 12.1 Å². The van der Waals surface area contributed by atoms with Gasteiger partial charge in [0.25, 0.3) is 0 Å². The van der Waals surface area contributed by atoms with Crippen LogP contribution in [0.4, 0.5) is 11.4 Å². The first-order valence-corrected chi connectivity index (χ1v) is 6.25. The number of benzene rings is 2. The molecule has 4 N–H and O–H groups in total. The summed E-state index contributed by atoms with van der Waals surface area (Å²) >= 11 is 5.82. The Hall–Kier alpha value is -2.46. The summed E-state index contributed by atoms with van der Waals surface area (Å²) in [5, 5.41) is 12.7.